The highest BCUT2D eigenvalue weighted by Crippen LogP contribution is 2.40. The van der Waals surface area contributed by atoms with Crippen LogP contribution in [0.4, 0.5) is 11.6 Å². The summed E-state index contributed by atoms with van der Waals surface area (Å²) in [5, 5.41) is 11.1. The zero-order chi connectivity index (χ0) is 26.6. The van der Waals surface area contributed by atoms with Crippen molar-refractivity contribution in [2.24, 2.45) is 0 Å². The molecule has 194 valence electrons. The van der Waals surface area contributed by atoms with Gasteiger partial charge in [-0.2, -0.15) is 4.98 Å². The number of pyridine rings is 1. The molecule has 0 fully saturated rings. The van der Waals surface area contributed by atoms with Gasteiger partial charge in [0.1, 0.15) is 11.8 Å². The largest absolute Gasteiger partial charge is 0.495 e. The molecule has 1 unspecified atom stereocenters. The Bertz CT molecular complexity index is 1500. The van der Waals surface area contributed by atoms with Gasteiger partial charge >= 0.3 is 0 Å². The molecule has 0 radical (unpaired) electrons. The van der Waals surface area contributed by atoms with Gasteiger partial charge in [0.05, 0.1) is 32.1 Å². The molecule has 1 amide bonds. The van der Waals surface area contributed by atoms with Crippen LogP contribution in [0.15, 0.2) is 78.3 Å². The predicted molar refractivity (Wildman–Crippen MR) is 144 cm³/mol. The van der Waals surface area contributed by atoms with Crippen molar-refractivity contribution in [1.82, 2.24) is 19.7 Å². The van der Waals surface area contributed by atoms with Gasteiger partial charge in [0.25, 0.3) is 5.91 Å². The maximum atomic E-state index is 13.8. The number of anilines is 2. The number of nitrogens with zero attached hydrogens (tertiary/aromatic N) is 4. The van der Waals surface area contributed by atoms with Crippen LogP contribution in [0, 0.1) is 0 Å². The number of ether oxygens (including phenoxy) is 3. The Morgan fingerprint density at radius 1 is 1.05 bits per heavy atom. The van der Waals surface area contributed by atoms with Gasteiger partial charge in [-0.3, -0.25) is 9.78 Å². The molecule has 0 spiro atoms. The summed E-state index contributed by atoms with van der Waals surface area (Å²) in [4.78, 5) is 22.7. The Kier molecular flexibility index (Phi) is 6.94. The number of carbonyl (C=O) groups excluding carboxylic acids is 1. The van der Waals surface area contributed by atoms with Crippen LogP contribution in [0.2, 0.25) is 0 Å². The maximum absolute atomic E-state index is 13.8. The number of methoxy groups -OCH3 is 2. The topological polar surface area (TPSA) is 112 Å². The van der Waals surface area contributed by atoms with Gasteiger partial charge in [-0.05, 0) is 55.8 Å². The van der Waals surface area contributed by atoms with E-state index in [1.54, 1.807) is 43.4 Å². The van der Waals surface area contributed by atoms with Crippen LogP contribution in [-0.4, -0.2) is 46.5 Å². The maximum Gasteiger partial charge on any atom is 0.255 e. The molecule has 1 aliphatic heterocycles. The third kappa shape index (κ3) is 4.63. The van der Waals surface area contributed by atoms with Gasteiger partial charge in [0, 0.05) is 23.7 Å². The molecule has 1 atom stereocenters. The Morgan fingerprint density at radius 3 is 2.61 bits per heavy atom. The van der Waals surface area contributed by atoms with Crippen molar-refractivity contribution in [1.29, 1.82) is 0 Å². The smallest absolute Gasteiger partial charge is 0.255 e. The second-order valence-corrected chi connectivity index (χ2v) is 8.51. The first-order valence-electron chi connectivity index (χ1n) is 12.1. The normalized spacial score (nSPS) is 14.4. The second-order valence-electron chi connectivity index (χ2n) is 8.51. The van der Waals surface area contributed by atoms with E-state index in [1.807, 2.05) is 56.3 Å². The molecule has 5 rings (SSSR count). The van der Waals surface area contributed by atoms with E-state index in [9.17, 15) is 4.79 Å². The fourth-order valence-electron chi connectivity index (χ4n) is 4.44. The van der Waals surface area contributed by atoms with Crippen LogP contribution in [0.25, 0.3) is 11.4 Å². The third-order valence-corrected chi connectivity index (χ3v) is 6.18. The number of nitrogens with one attached hydrogen (secondary N) is 2. The highest BCUT2D eigenvalue weighted by molar-refractivity contribution is 6.06. The summed E-state index contributed by atoms with van der Waals surface area (Å²) in [5.74, 6) is 2.42. The van der Waals surface area contributed by atoms with Crippen molar-refractivity contribution in [2.75, 3.05) is 31.5 Å². The number of para-hydroxylation sites is 2. The van der Waals surface area contributed by atoms with E-state index < -0.39 is 6.04 Å². The van der Waals surface area contributed by atoms with Crippen LogP contribution < -0.4 is 24.8 Å². The minimum atomic E-state index is -0.608. The lowest BCUT2D eigenvalue weighted by molar-refractivity contribution is -0.113. The predicted octanol–water partition coefficient (Wildman–Crippen LogP) is 4.68. The molecular formula is C28H28N6O4. The van der Waals surface area contributed by atoms with Gasteiger partial charge in [0.15, 0.2) is 17.3 Å². The van der Waals surface area contributed by atoms with Crippen LogP contribution in [0.5, 0.6) is 17.2 Å². The van der Waals surface area contributed by atoms with Crippen LogP contribution in [0.1, 0.15) is 25.5 Å². The van der Waals surface area contributed by atoms with Crippen molar-refractivity contribution in [2.45, 2.75) is 19.9 Å². The fraction of sp³-hybridized carbons (Fsp3) is 0.214. The van der Waals surface area contributed by atoms with Gasteiger partial charge in [0.2, 0.25) is 5.95 Å². The van der Waals surface area contributed by atoms with Crippen LogP contribution >= 0.6 is 0 Å². The molecule has 3 heterocycles. The number of rotatable bonds is 8. The second kappa shape index (κ2) is 10.6. The summed E-state index contributed by atoms with van der Waals surface area (Å²) in [6.45, 7) is 4.25. The Labute approximate surface area is 220 Å². The Hall–Kier alpha value is -4.86. The molecule has 0 saturated carbocycles. The number of benzene rings is 2. The Morgan fingerprint density at radius 2 is 1.87 bits per heavy atom. The monoisotopic (exact) mass is 512 g/mol. The molecule has 0 bridgehead atoms. The number of hydrogen-bond donors (Lipinski definition) is 2. The van der Waals surface area contributed by atoms with E-state index in [0.717, 1.165) is 11.1 Å². The highest BCUT2D eigenvalue weighted by atomic mass is 16.5. The molecule has 10 nitrogen and oxygen atoms in total. The SMILES string of the molecule is CCOc1ccc(C2C(C(=O)Nc3ccccc3OC)=C(C)Nc3nc(-c4cccnc4)nn32)cc1OC. The number of aromatic nitrogens is 4. The lowest BCUT2D eigenvalue weighted by atomic mass is 9.94. The number of amides is 1. The van der Waals surface area contributed by atoms with E-state index in [0.29, 0.717) is 52.6 Å². The zero-order valence-electron chi connectivity index (χ0n) is 21.6. The Balaban J connectivity index is 1.63. The summed E-state index contributed by atoms with van der Waals surface area (Å²) in [7, 11) is 3.15. The summed E-state index contributed by atoms with van der Waals surface area (Å²) in [6, 6.07) is 16.0. The van der Waals surface area contributed by atoms with E-state index in [-0.39, 0.29) is 5.91 Å². The van der Waals surface area contributed by atoms with Crippen molar-refractivity contribution in [3.63, 3.8) is 0 Å². The van der Waals surface area contributed by atoms with E-state index in [1.165, 1.54) is 0 Å². The summed E-state index contributed by atoms with van der Waals surface area (Å²) in [6.07, 6.45) is 3.39. The first kappa shape index (κ1) is 24.8. The van der Waals surface area contributed by atoms with Gasteiger partial charge in [-0.15, -0.1) is 5.10 Å². The number of allylic oxidation sites excluding steroid dienone is 1. The van der Waals surface area contributed by atoms with Crippen molar-refractivity contribution in [3.8, 4) is 28.6 Å². The quantitative estimate of drug-likeness (QED) is 0.350. The average Bonchev–Trinajstić information content (AvgIpc) is 3.37. The van der Waals surface area contributed by atoms with Gasteiger partial charge in [-0.1, -0.05) is 18.2 Å². The number of carbonyl (C=O) groups is 1. The average molecular weight is 513 g/mol. The molecule has 10 heteroatoms. The molecule has 38 heavy (non-hydrogen) atoms. The van der Waals surface area contributed by atoms with E-state index in [2.05, 4.69) is 15.6 Å². The van der Waals surface area contributed by atoms with Crippen molar-refractivity contribution >= 4 is 17.5 Å². The molecule has 0 saturated heterocycles. The molecule has 2 N–H and O–H groups in total. The highest BCUT2D eigenvalue weighted by Gasteiger charge is 2.35. The van der Waals surface area contributed by atoms with Crippen molar-refractivity contribution < 1.29 is 19.0 Å². The van der Waals surface area contributed by atoms with E-state index >= 15 is 0 Å². The molecule has 2 aromatic heterocycles. The molecule has 4 aromatic rings. The minimum absolute atomic E-state index is 0.304. The van der Waals surface area contributed by atoms with Gasteiger partial charge in [-0.25, -0.2) is 4.68 Å². The minimum Gasteiger partial charge on any atom is -0.495 e. The van der Waals surface area contributed by atoms with Crippen molar-refractivity contribution in [3.05, 3.63) is 83.8 Å². The summed E-state index contributed by atoms with van der Waals surface area (Å²) in [5.41, 5.74) is 3.21. The lowest BCUT2D eigenvalue weighted by Crippen LogP contribution is -2.31. The van der Waals surface area contributed by atoms with Gasteiger partial charge < -0.3 is 24.8 Å². The first-order valence-corrected chi connectivity index (χ1v) is 12.1. The first-order chi connectivity index (χ1) is 18.5. The zero-order valence-corrected chi connectivity index (χ0v) is 21.6. The summed E-state index contributed by atoms with van der Waals surface area (Å²) >= 11 is 0. The molecular weight excluding hydrogens is 484 g/mol. The number of fused-ring (bicyclic) bond motifs is 1. The summed E-state index contributed by atoms with van der Waals surface area (Å²) < 4.78 is 18.5. The standard InChI is InChI=1S/C28H28N6O4/c1-5-38-22-13-12-18(15-23(22)37-4)25-24(27(35)31-20-10-6-7-11-21(20)36-3)17(2)30-28-32-26(33-34(25)28)19-9-8-14-29-16-19/h6-16,25H,5H2,1-4H3,(H,31,35)(H,30,32,33). The molecule has 1 aliphatic rings. The molecule has 2 aromatic carbocycles. The number of hydrogen-bond acceptors (Lipinski definition) is 8. The van der Waals surface area contributed by atoms with Crippen LogP contribution in [-0.2, 0) is 4.79 Å². The van der Waals surface area contributed by atoms with E-state index in [4.69, 9.17) is 24.3 Å². The third-order valence-electron chi connectivity index (χ3n) is 6.18. The van der Waals surface area contributed by atoms with Crippen LogP contribution in [0.3, 0.4) is 0 Å². The fourth-order valence-corrected chi connectivity index (χ4v) is 4.44. The molecule has 0 aliphatic carbocycles. The lowest BCUT2D eigenvalue weighted by Gasteiger charge is -2.29.